The number of anilines is 2. The molecule has 0 aliphatic heterocycles. The molecule has 1 aromatic heterocycles. The van der Waals surface area contributed by atoms with Crippen LogP contribution in [0.3, 0.4) is 0 Å². The van der Waals surface area contributed by atoms with Crippen molar-refractivity contribution in [3.8, 4) is 0 Å². The lowest BCUT2D eigenvalue weighted by Gasteiger charge is -2.11. The second kappa shape index (κ2) is 7.98. The van der Waals surface area contributed by atoms with Gasteiger partial charge in [-0.1, -0.05) is 42.5 Å². The van der Waals surface area contributed by atoms with Gasteiger partial charge in [-0.05, 0) is 35.9 Å². The zero-order valence-corrected chi connectivity index (χ0v) is 15.9. The first-order chi connectivity index (χ1) is 14.1. The molecule has 0 radical (unpaired) electrons. The molecule has 4 aromatic rings. The van der Waals surface area contributed by atoms with E-state index in [0.29, 0.717) is 17.8 Å². The zero-order valence-electron chi connectivity index (χ0n) is 15.9. The predicted octanol–water partition coefficient (Wildman–Crippen LogP) is 4.36. The molecule has 3 N–H and O–H groups in total. The maximum atomic E-state index is 13.1. The standard InChI is InChI=1S/C23H20N4O2/c1-15(28)25-17-12-10-16(11-13-17)14-24-20-8-4-3-7-19(20)23(29)22-18-6-2-5-9-21(18)26-27-22/h2-13,24H,14H2,1H3,(H,25,28)(H,26,27). The number of benzene rings is 3. The monoisotopic (exact) mass is 384 g/mol. The highest BCUT2D eigenvalue weighted by Crippen LogP contribution is 2.23. The van der Waals surface area contributed by atoms with Gasteiger partial charge < -0.3 is 10.6 Å². The number of fused-ring (bicyclic) bond motifs is 1. The lowest BCUT2D eigenvalue weighted by molar-refractivity contribution is -0.114. The highest BCUT2D eigenvalue weighted by Gasteiger charge is 2.18. The lowest BCUT2D eigenvalue weighted by Crippen LogP contribution is -2.09. The van der Waals surface area contributed by atoms with E-state index in [9.17, 15) is 9.59 Å². The summed E-state index contributed by atoms with van der Waals surface area (Å²) in [6.07, 6.45) is 0. The Balaban J connectivity index is 1.54. The molecule has 3 aromatic carbocycles. The molecule has 6 nitrogen and oxygen atoms in total. The SMILES string of the molecule is CC(=O)Nc1ccc(CNc2ccccc2C(=O)c2n[nH]c3ccccc23)cc1. The number of nitrogens with zero attached hydrogens (tertiary/aromatic N) is 1. The molecule has 144 valence electrons. The maximum Gasteiger partial charge on any atom is 0.221 e. The quantitative estimate of drug-likeness (QED) is 0.431. The summed E-state index contributed by atoms with van der Waals surface area (Å²) < 4.78 is 0. The summed E-state index contributed by atoms with van der Waals surface area (Å²) in [5.74, 6) is -0.235. The minimum absolute atomic E-state index is 0.103. The van der Waals surface area contributed by atoms with Crippen molar-refractivity contribution >= 4 is 34.0 Å². The number of rotatable bonds is 6. The summed E-state index contributed by atoms with van der Waals surface area (Å²) in [5, 5.41) is 14.0. The molecule has 0 aliphatic rings. The van der Waals surface area contributed by atoms with Gasteiger partial charge in [0.1, 0.15) is 5.69 Å². The van der Waals surface area contributed by atoms with Gasteiger partial charge in [-0.15, -0.1) is 0 Å². The summed E-state index contributed by atoms with van der Waals surface area (Å²) >= 11 is 0. The van der Waals surface area contributed by atoms with Crippen LogP contribution in [0.1, 0.15) is 28.5 Å². The number of ketones is 1. The number of carbonyl (C=O) groups is 2. The Morgan fingerprint density at radius 2 is 1.66 bits per heavy atom. The van der Waals surface area contributed by atoms with Crippen molar-refractivity contribution in [2.24, 2.45) is 0 Å². The summed E-state index contributed by atoms with van der Waals surface area (Å²) in [5.41, 5.74) is 4.35. The molecule has 0 saturated carbocycles. The van der Waals surface area contributed by atoms with Gasteiger partial charge in [0.05, 0.1) is 5.52 Å². The fourth-order valence-electron chi connectivity index (χ4n) is 3.21. The van der Waals surface area contributed by atoms with Crippen LogP contribution in [-0.4, -0.2) is 21.9 Å². The number of aromatic amines is 1. The number of carbonyl (C=O) groups excluding carboxylic acids is 2. The highest BCUT2D eigenvalue weighted by atomic mass is 16.1. The predicted molar refractivity (Wildman–Crippen MR) is 114 cm³/mol. The molecule has 0 atom stereocenters. The number of amides is 1. The van der Waals surface area contributed by atoms with Crippen molar-refractivity contribution < 1.29 is 9.59 Å². The van der Waals surface area contributed by atoms with Gasteiger partial charge in [-0.25, -0.2) is 0 Å². The van der Waals surface area contributed by atoms with Crippen molar-refractivity contribution in [3.05, 3.63) is 89.6 Å². The van der Waals surface area contributed by atoms with E-state index in [2.05, 4.69) is 20.8 Å². The second-order valence-corrected chi connectivity index (χ2v) is 6.72. The Labute approximate surface area is 168 Å². The van der Waals surface area contributed by atoms with Gasteiger partial charge in [-0.2, -0.15) is 5.10 Å². The van der Waals surface area contributed by atoms with E-state index in [-0.39, 0.29) is 11.7 Å². The van der Waals surface area contributed by atoms with E-state index >= 15 is 0 Å². The van der Waals surface area contributed by atoms with E-state index in [1.807, 2.05) is 66.7 Å². The molecule has 0 unspecified atom stereocenters. The van der Waals surface area contributed by atoms with Crippen molar-refractivity contribution in [2.45, 2.75) is 13.5 Å². The van der Waals surface area contributed by atoms with Crippen molar-refractivity contribution in [3.63, 3.8) is 0 Å². The zero-order chi connectivity index (χ0) is 20.2. The summed E-state index contributed by atoms with van der Waals surface area (Å²) in [6, 6.07) is 22.6. The van der Waals surface area contributed by atoms with Gasteiger partial charge >= 0.3 is 0 Å². The van der Waals surface area contributed by atoms with Gasteiger partial charge in [0.2, 0.25) is 11.7 Å². The number of aromatic nitrogens is 2. The van der Waals surface area contributed by atoms with Crippen LogP contribution in [-0.2, 0) is 11.3 Å². The van der Waals surface area contributed by atoms with E-state index in [1.54, 1.807) is 6.07 Å². The third-order valence-corrected chi connectivity index (χ3v) is 4.61. The minimum Gasteiger partial charge on any atom is -0.380 e. The molecule has 0 fully saturated rings. The number of nitrogens with one attached hydrogen (secondary N) is 3. The van der Waals surface area contributed by atoms with Crippen LogP contribution in [0.15, 0.2) is 72.8 Å². The van der Waals surface area contributed by atoms with Crippen LogP contribution in [0, 0.1) is 0 Å². The largest absolute Gasteiger partial charge is 0.380 e. The van der Waals surface area contributed by atoms with E-state index in [0.717, 1.165) is 27.8 Å². The summed E-state index contributed by atoms with van der Waals surface area (Å²) in [4.78, 5) is 24.3. The summed E-state index contributed by atoms with van der Waals surface area (Å²) in [6.45, 7) is 2.03. The average molecular weight is 384 g/mol. The van der Waals surface area contributed by atoms with E-state index in [1.165, 1.54) is 6.92 Å². The van der Waals surface area contributed by atoms with Gasteiger partial charge in [0.25, 0.3) is 0 Å². The topological polar surface area (TPSA) is 86.9 Å². The third kappa shape index (κ3) is 4.01. The fraction of sp³-hybridized carbons (Fsp3) is 0.0870. The van der Waals surface area contributed by atoms with Crippen LogP contribution in [0.4, 0.5) is 11.4 Å². The van der Waals surface area contributed by atoms with Crippen LogP contribution in [0.25, 0.3) is 10.9 Å². The first kappa shape index (κ1) is 18.4. The highest BCUT2D eigenvalue weighted by molar-refractivity contribution is 6.17. The van der Waals surface area contributed by atoms with Gasteiger partial charge in [-0.3, -0.25) is 14.7 Å². The van der Waals surface area contributed by atoms with Crippen LogP contribution in [0.5, 0.6) is 0 Å². The molecule has 0 spiro atoms. The Morgan fingerprint density at radius 3 is 2.45 bits per heavy atom. The first-order valence-electron chi connectivity index (χ1n) is 9.29. The molecule has 29 heavy (non-hydrogen) atoms. The van der Waals surface area contributed by atoms with Crippen molar-refractivity contribution in [1.82, 2.24) is 10.2 Å². The summed E-state index contributed by atoms with van der Waals surface area (Å²) in [7, 11) is 0. The van der Waals surface area contributed by atoms with Crippen LogP contribution < -0.4 is 10.6 Å². The lowest BCUT2D eigenvalue weighted by atomic mass is 10.0. The van der Waals surface area contributed by atoms with E-state index < -0.39 is 0 Å². The molecular weight excluding hydrogens is 364 g/mol. The molecule has 1 amide bonds. The van der Waals surface area contributed by atoms with Crippen LogP contribution in [0.2, 0.25) is 0 Å². The molecule has 0 bridgehead atoms. The molecular formula is C23H20N4O2. The fourth-order valence-corrected chi connectivity index (χ4v) is 3.21. The smallest absolute Gasteiger partial charge is 0.221 e. The van der Waals surface area contributed by atoms with Crippen molar-refractivity contribution in [1.29, 1.82) is 0 Å². The van der Waals surface area contributed by atoms with E-state index in [4.69, 9.17) is 0 Å². The Morgan fingerprint density at radius 1 is 0.931 bits per heavy atom. The number of hydrogen-bond acceptors (Lipinski definition) is 4. The number of hydrogen-bond donors (Lipinski definition) is 3. The minimum atomic E-state index is -0.133. The van der Waals surface area contributed by atoms with Gasteiger partial charge in [0, 0.05) is 35.8 Å². The van der Waals surface area contributed by atoms with Gasteiger partial charge in [0.15, 0.2) is 0 Å². The second-order valence-electron chi connectivity index (χ2n) is 6.72. The van der Waals surface area contributed by atoms with Crippen molar-refractivity contribution in [2.75, 3.05) is 10.6 Å². The molecule has 6 heteroatoms. The molecule has 4 rings (SSSR count). The third-order valence-electron chi connectivity index (χ3n) is 4.61. The number of para-hydroxylation sites is 2. The first-order valence-corrected chi connectivity index (χ1v) is 9.29. The number of H-pyrrole nitrogens is 1. The van der Waals surface area contributed by atoms with Crippen LogP contribution >= 0.6 is 0 Å². The molecule has 1 heterocycles. The molecule has 0 saturated heterocycles. The average Bonchev–Trinajstić information content (AvgIpc) is 3.17. The Kier molecular flexibility index (Phi) is 5.07. The normalized spacial score (nSPS) is 10.7. The molecule has 0 aliphatic carbocycles. The Bertz CT molecular complexity index is 1180. The maximum absolute atomic E-state index is 13.1. The Hall–Kier alpha value is -3.93.